The molecule has 0 atom stereocenters. The van der Waals surface area contributed by atoms with Gasteiger partial charge in [-0.3, -0.25) is 0 Å². The van der Waals surface area contributed by atoms with E-state index in [1.165, 1.54) is 5.56 Å². The van der Waals surface area contributed by atoms with Gasteiger partial charge in [0, 0.05) is 33.2 Å². The van der Waals surface area contributed by atoms with Crippen LogP contribution in [0, 0.1) is 0 Å². The number of nitrogens with zero attached hydrogens (tertiary/aromatic N) is 2. The number of aromatic nitrogens is 2. The SMILES string of the molecule is CC1(C)C2=C(COc3ccccc3C/C=C\2)Oc2ccc(-c3ccc(-c4nc(-c5ccccc5)cc(-c5ccccc5)n4)cc3)cc21. The van der Waals surface area contributed by atoms with Crippen molar-refractivity contribution in [2.45, 2.75) is 25.7 Å². The standard InChI is InChI=1S/C43H34N2O2/c1-43(2)35-18-11-17-32-16-9-10-19-39(32)46-28-41(35)47-40-25-24-34(26-36(40)43)29-20-22-33(23-21-29)42-44-37(30-12-5-3-6-13-30)27-38(45-42)31-14-7-4-8-15-31/h3-16,18-27H,17,28H2,1-2H3/b18-11-. The molecule has 0 bridgehead atoms. The Labute approximate surface area is 275 Å². The lowest BCUT2D eigenvalue weighted by atomic mass is 9.74. The molecule has 0 aliphatic carbocycles. The van der Waals surface area contributed by atoms with Crippen LogP contribution in [0.5, 0.6) is 11.5 Å². The van der Waals surface area contributed by atoms with Crippen molar-refractivity contribution in [2.75, 3.05) is 6.61 Å². The van der Waals surface area contributed by atoms with Crippen molar-refractivity contribution in [3.8, 4) is 56.5 Å². The summed E-state index contributed by atoms with van der Waals surface area (Å²) in [6.07, 6.45) is 5.26. The Morgan fingerprint density at radius 3 is 1.89 bits per heavy atom. The molecule has 0 spiro atoms. The largest absolute Gasteiger partial charge is 0.485 e. The van der Waals surface area contributed by atoms with Crippen molar-refractivity contribution < 1.29 is 9.47 Å². The number of fused-ring (bicyclic) bond motifs is 2. The van der Waals surface area contributed by atoms with E-state index in [0.717, 1.165) is 74.0 Å². The summed E-state index contributed by atoms with van der Waals surface area (Å²) in [5.74, 6) is 3.34. The molecule has 8 rings (SSSR count). The highest BCUT2D eigenvalue weighted by molar-refractivity contribution is 5.74. The van der Waals surface area contributed by atoms with Gasteiger partial charge in [-0.25, -0.2) is 9.97 Å². The normalized spacial score (nSPS) is 15.4. The minimum absolute atomic E-state index is 0.269. The van der Waals surface area contributed by atoms with Crippen molar-refractivity contribution in [3.05, 3.63) is 168 Å². The van der Waals surface area contributed by atoms with Gasteiger partial charge in [-0.15, -0.1) is 0 Å². The molecule has 0 unspecified atom stereocenters. The van der Waals surface area contributed by atoms with Gasteiger partial charge in [0.25, 0.3) is 0 Å². The Morgan fingerprint density at radius 2 is 1.19 bits per heavy atom. The summed E-state index contributed by atoms with van der Waals surface area (Å²) in [5, 5.41) is 0. The zero-order valence-electron chi connectivity index (χ0n) is 26.5. The maximum Gasteiger partial charge on any atom is 0.160 e. The summed E-state index contributed by atoms with van der Waals surface area (Å²) in [5.41, 5.74) is 10.4. The van der Waals surface area contributed by atoms with Gasteiger partial charge >= 0.3 is 0 Å². The van der Waals surface area contributed by atoms with E-state index in [9.17, 15) is 0 Å². The highest BCUT2D eigenvalue weighted by atomic mass is 16.5. The fourth-order valence-corrected chi connectivity index (χ4v) is 6.54. The van der Waals surface area contributed by atoms with Gasteiger partial charge in [0.05, 0.1) is 11.4 Å². The zero-order chi connectivity index (χ0) is 31.8. The Morgan fingerprint density at radius 1 is 0.574 bits per heavy atom. The number of allylic oxidation sites excluding steroid dienone is 3. The van der Waals surface area contributed by atoms with Gasteiger partial charge in [0.15, 0.2) is 5.82 Å². The highest BCUT2D eigenvalue weighted by Gasteiger charge is 2.36. The third-order valence-electron chi connectivity index (χ3n) is 9.16. The molecule has 4 nitrogen and oxygen atoms in total. The monoisotopic (exact) mass is 610 g/mol. The number of hydrogen-bond donors (Lipinski definition) is 0. The zero-order valence-corrected chi connectivity index (χ0v) is 26.5. The Balaban J connectivity index is 1.12. The van der Waals surface area contributed by atoms with E-state index in [4.69, 9.17) is 19.4 Å². The molecule has 0 N–H and O–H groups in total. The average molecular weight is 611 g/mol. The lowest BCUT2D eigenvalue weighted by Gasteiger charge is -2.35. The van der Waals surface area contributed by atoms with Crippen LogP contribution in [0.25, 0.3) is 45.0 Å². The van der Waals surface area contributed by atoms with Crippen LogP contribution >= 0.6 is 0 Å². The van der Waals surface area contributed by atoms with E-state index in [2.05, 4.69) is 111 Å². The maximum absolute atomic E-state index is 6.53. The lowest BCUT2D eigenvalue weighted by molar-refractivity contribution is 0.261. The summed E-state index contributed by atoms with van der Waals surface area (Å²) >= 11 is 0. The van der Waals surface area contributed by atoms with Crippen LogP contribution in [-0.2, 0) is 11.8 Å². The first-order chi connectivity index (χ1) is 23.0. The van der Waals surface area contributed by atoms with Crippen molar-refractivity contribution in [2.24, 2.45) is 0 Å². The molecular formula is C43H34N2O2. The number of para-hydroxylation sites is 1. The van der Waals surface area contributed by atoms with Crippen LogP contribution in [0.4, 0.5) is 0 Å². The maximum atomic E-state index is 6.53. The number of rotatable bonds is 4. The first kappa shape index (κ1) is 28.7. The Bertz CT molecular complexity index is 2090. The van der Waals surface area contributed by atoms with Gasteiger partial charge in [-0.05, 0) is 47.4 Å². The van der Waals surface area contributed by atoms with E-state index >= 15 is 0 Å². The molecule has 0 saturated carbocycles. The second kappa shape index (κ2) is 11.9. The molecule has 2 aliphatic rings. The fraction of sp³-hybridized carbons (Fsp3) is 0.116. The second-order valence-corrected chi connectivity index (χ2v) is 12.5. The summed E-state index contributed by atoms with van der Waals surface area (Å²) in [7, 11) is 0. The smallest absolute Gasteiger partial charge is 0.160 e. The minimum Gasteiger partial charge on any atom is -0.485 e. The van der Waals surface area contributed by atoms with Crippen LogP contribution in [-0.4, -0.2) is 16.6 Å². The third-order valence-corrected chi connectivity index (χ3v) is 9.16. The molecule has 47 heavy (non-hydrogen) atoms. The van der Waals surface area contributed by atoms with Crippen LogP contribution < -0.4 is 9.47 Å². The van der Waals surface area contributed by atoms with Crippen molar-refractivity contribution in [3.63, 3.8) is 0 Å². The van der Waals surface area contributed by atoms with Gasteiger partial charge in [-0.2, -0.15) is 0 Å². The van der Waals surface area contributed by atoms with E-state index in [-0.39, 0.29) is 5.41 Å². The van der Waals surface area contributed by atoms with Crippen LogP contribution in [0.3, 0.4) is 0 Å². The molecule has 2 aliphatic heterocycles. The molecule has 1 aromatic heterocycles. The van der Waals surface area contributed by atoms with Gasteiger partial charge in [-0.1, -0.05) is 135 Å². The number of benzene rings is 5. The van der Waals surface area contributed by atoms with Crippen LogP contribution in [0.15, 0.2) is 157 Å². The summed E-state index contributed by atoms with van der Waals surface area (Å²) in [6.45, 7) is 4.93. The summed E-state index contributed by atoms with van der Waals surface area (Å²) in [6, 6.07) is 45.9. The summed E-state index contributed by atoms with van der Waals surface area (Å²) < 4.78 is 12.8. The van der Waals surface area contributed by atoms with Crippen LogP contribution in [0.2, 0.25) is 0 Å². The quantitative estimate of drug-likeness (QED) is 0.199. The molecule has 0 radical (unpaired) electrons. The van der Waals surface area contributed by atoms with Gasteiger partial charge in [0.1, 0.15) is 23.9 Å². The van der Waals surface area contributed by atoms with E-state index in [1.807, 2.05) is 48.5 Å². The lowest BCUT2D eigenvalue weighted by Crippen LogP contribution is -2.29. The van der Waals surface area contributed by atoms with Gasteiger partial charge in [0.2, 0.25) is 0 Å². The van der Waals surface area contributed by atoms with Crippen molar-refractivity contribution in [1.82, 2.24) is 9.97 Å². The molecular weight excluding hydrogens is 576 g/mol. The number of ether oxygens (including phenoxy) is 2. The third kappa shape index (κ3) is 5.53. The Kier molecular flexibility index (Phi) is 7.26. The molecule has 4 heteroatoms. The van der Waals surface area contributed by atoms with Crippen molar-refractivity contribution in [1.29, 1.82) is 0 Å². The topological polar surface area (TPSA) is 44.2 Å². The predicted octanol–water partition coefficient (Wildman–Crippen LogP) is 10.3. The van der Waals surface area contributed by atoms with Gasteiger partial charge < -0.3 is 9.47 Å². The molecule has 3 heterocycles. The van der Waals surface area contributed by atoms with Crippen molar-refractivity contribution >= 4 is 0 Å². The second-order valence-electron chi connectivity index (χ2n) is 12.5. The molecule has 228 valence electrons. The molecule has 0 saturated heterocycles. The average Bonchev–Trinajstić information content (AvgIpc) is 3.22. The summed E-state index contributed by atoms with van der Waals surface area (Å²) in [4.78, 5) is 10.0. The first-order valence-electron chi connectivity index (χ1n) is 16.1. The van der Waals surface area contributed by atoms with E-state index < -0.39 is 0 Å². The number of hydrogen-bond acceptors (Lipinski definition) is 4. The fourth-order valence-electron chi connectivity index (χ4n) is 6.54. The van der Waals surface area contributed by atoms with E-state index in [0.29, 0.717) is 12.4 Å². The molecule has 0 fully saturated rings. The Hall–Kier alpha value is -5.74. The molecule has 0 amide bonds. The molecule has 5 aromatic carbocycles. The molecule has 6 aromatic rings. The van der Waals surface area contributed by atoms with Crippen LogP contribution in [0.1, 0.15) is 25.0 Å². The highest BCUT2D eigenvalue weighted by Crippen LogP contribution is 2.46. The predicted molar refractivity (Wildman–Crippen MR) is 189 cm³/mol. The minimum atomic E-state index is -0.269. The first-order valence-corrected chi connectivity index (χ1v) is 16.1. The van der Waals surface area contributed by atoms with E-state index in [1.54, 1.807) is 0 Å².